The van der Waals surface area contributed by atoms with E-state index in [9.17, 15) is 13.2 Å². The van der Waals surface area contributed by atoms with Crippen LogP contribution in [-0.4, -0.2) is 14.3 Å². The quantitative estimate of drug-likeness (QED) is 0.740. The molecule has 0 fully saturated rings. The van der Waals surface area contributed by atoms with Crippen molar-refractivity contribution >= 4 is 28.1 Å². The Hall–Kier alpha value is -1.15. The number of aryl methyl sites for hydroxylation is 1. The van der Waals surface area contributed by atoms with Gasteiger partial charge in [0, 0.05) is 11.5 Å². The molecule has 8 heteroatoms. The summed E-state index contributed by atoms with van der Waals surface area (Å²) >= 11 is 8.17. The maximum atomic E-state index is 12.9. The molecule has 2 rings (SSSR count). The number of hydrogen-bond donors (Lipinski definition) is 0. The van der Waals surface area contributed by atoms with Crippen LogP contribution in [0.2, 0.25) is 0 Å². The zero-order chi connectivity index (χ0) is 13.5. The van der Waals surface area contributed by atoms with E-state index in [1.165, 1.54) is 13.1 Å². The molecule has 0 aliphatic carbocycles. The van der Waals surface area contributed by atoms with Crippen molar-refractivity contribution in [2.45, 2.75) is 6.18 Å². The predicted molar refractivity (Wildman–Crippen MR) is 66.1 cm³/mol. The Morgan fingerprint density at radius 2 is 2.00 bits per heavy atom. The lowest BCUT2D eigenvalue weighted by Gasteiger charge is -2.09. The normalized spacial score (nSPS) is 11.8. The molecule has 2 aromatic rings. The lowest BCUT2D eigenvalue weighted by molar-refractivity contribution is -0.146. The third-order valence-electron chi connectivity index (χ3n) is 2.24. The molecular weight excluding hydrogens is 331 g/mol. The van der Waals surface area contributed by atoms with E-state index in [0.29, 0.717) is 10.2 Å². The Morgan fingerprint density at radius 1 is 1.33 bits per heavy atom. The van der Waals surface area contributed by atoms with Crippen molar-refractivity contribution in [2.24, 2.45) is 7.05 Å². The molecule has 3 nitrogen and oxygen atoms in total. The Labute approximate surface area is 114 Å². The molecule has 18 heavy (non-hydrogen) atoms. The molecule has 1 heterocycles. The van der Waals surface area contributed by atoms with Crippen LogP contribution >= 0.6 is 28.1 Å². The second-order valence-corrected chi connectivity index (χ2v) is 4.82. The molecule has 0 spiro atoms. The van der Waals surface area contributed by atoms with E-state index < -0.39 is 12.0 Å². The Morgan fingerprint density at radius 3 is 2.56 bits per heavy atom. The highest BCUT2D eigenvalue weighted by Gasteiger charge is 2.38. The van der Waals surface area contributed by atoms with Gasteiger partial charge in [0.25, 0.3) is 0 Å². The van der Waals surface area contributed by atoms with Crippen molar-refractivity contribution in [2.75, 3.05) is 0 Å². The first-order valence-electron chi connectivity index (χ1n) is 4.80. The van der Waals surface area contributed by atoms with Crippen molar-refractivity contribution in [3.63, 3.8) is 0 Å². The molecule has 0 aliphatic rings. The Kier molecular flexibility index (Phi) is 3.33. The molecule has 0 aliphatic heterocycles. The van der Waals surface area contributed by atoms with E-state index >= 15 is 0 Å². The Balaban J connectivity index is 2.75. The van der Waals surface area contributed by atoms with Gasteiger partial charge in [-0.3, -0.25) is 4.57 Å². The summed E-state index contributed by atoms with van der Waals surface area (Å²) in [4.78, 5) is 0. The average molecular weight is 338 g/mol. The molecule has 0 atom stereocenters. The molecule has 0 N–H and O–H groups in total. The minimum Gasteiger partial charge on any atom is -0.264 e. The summed E-state index contributed by atoms with van der Waals surface area (Å²) in [7, 11) is 1.38. The summed E-state index contributed by atoms with van der Waals surface area (Å²) in [6, 6.07) is 6.44. The smallest absolute Gasteiger partial charge is 0.264 e. The van der Waals surface area contributed by atoms with Crippen molar-refractivity contribution in [3.05, 3.63) is 39.3 Å². The average Bonchev–Trinajstić information content (AvgIpc) is 2.55. The third-order valence-corrected chi connectivity index (χ3v) is 3.18. The fourth-order valence-corrected chi connectivity index (χ4v) is 2.12. The highest BCUT2D eigenvalue weighted by atomic mass is 79.9. The fourth-order valence-electron chi connectivity index (χ4n) is 1.50. The molecule has 0 unspecified atom stereocenters. The monoisotopic (exact) mass is 337 g/mol. The summed E-state index contributed by atoms with van der Waals surface area (Å²) in [6.07, 6.45) is -4.56. The zero-order valence-electron chi connectivity index (χ0n) is 9.07. The summed E-state index contributed by atoms with van der Waals surface area (Å²) in [5.74, 6) is -1.03. The van der Waals surface area contributed by atoms with Crippen LogP contribution in [0, 0.1) is 4.77 Å². The minimum atomic E-state index is -4.56. The van der Waals surface area contributed by atoms with E-state index in [-0.39, 0.29) is 4.77 Å². The molecule has 0 saturated heterocycles. The molecular formula is C10H7BrF3N3S. The molecule has 1 aromatic carbocycles. The summed E-state index contributed by atoms with van der Waals surface area (Å²) in [5, 5.41) is 3.42. The van der Waals surface area contributed by atoms with E-state index in [1.54, 1.807) is 18.2 Å². The first-order chi connectivity index (χ1) is 8.30. The summed E-state index contributed by atoms with van der Waals surface area (Å²) in [5.41, 5.74) is 0.315. The lowest BCUT2D eigenvalue weighted by Crippen LogP contribution is -2.14. The predicted octanol–water partition coefficient (Wildman–Crippen LogP) is 3.72. The minimum absolute atomic E-state index is 0.0135. The standard InChI is InChI=1S/C10H7BrF3N3S/c1-16-9(18)17(8(15-16)10(12,13)14)7-4-2-3-6(11)5-7/h2-5H,1H3. The number of alkyl halides is 3. The maximum Gasteiger partial charge on any atom is 0.452 e. The first kappa shape index (κ1) is 13.3. The van der Waals surface area contributed by atoms with Crippen LogP contribution in [-0.2, 0) is 13.2 Å². The number of rotatable bonds is 1. The molecule has 0 amide bonds. The number of nitrogens with zero attached hydrogens (tertiary/aromatic N) is 3. The maximum absolute atomic E-state index is 12.9. The molecule has 0 bridgehead atoms. The largest absolute Gasteiger partial charge is 0.452 e. The van der Waals surface area contributed by atoms with Gasteiger partial charge < -0.3 is 0 Å². The third kappa shape index (κ3) is 2.35. The lowest BCUT2D eigenvalue weighted by atomic mass is 10.3. The number of benzene rings is 1. The van der Waals surface area contributed by atoms with E-state index in [2.05, 4.69) is 21.0 Å². The highest BCUT2D eigenvalue weighted by molar-refractivity contribution is 9.10. The fraction of sp³-hybridized carbons (Fsp3) is 0.200. The van der Waals surface area contributed by atoms with Gasteiger partial charge in [-0.05, 0) is 30.4 Å². The van der Waals surface area contributed by atoms with Crippen molar-refractivity contribution in [3.8, 4) is 5.69 Å². The molecule has 1 aromatic heterocycles. The van der Waals surface area contributed by atoms with Gasteiger partial charge in [-0.2, -0.15) is 13.2 Å². The topological polar surface area (TPSA) is 22.8 Å². The second kappa shape index (κ2) is 4.51. The van der Waals surface area contributed by atoms with E-state index in [4.69, 9.17) is 12.2 Å². The van der Waals surface area contributed by atoms with Crippen LogP contribution in [0.15, 0.2) is 28.7 Å². The highest BCUT2D eigenvalue weighted by Crippen LogP contribution is 2.30. The van der Waals surface area contributed by atoms with Crippen LogP contribution < -0.4 is 0 Å². The second-order valence-electron chi connectivity index (χ2n) is 3.54. The van der Waals surface area contributed by atoms with E-state index in [0.717, 1.165) is 9.25 Å². The van der Waals surface area contributed by atoms with Crippen LogP contribution in [0.3, 0.4) is 0 Å². The van der Waals surface area contributed by atoms with E-state index in [1.807, 2.05) is 0 Å². The van der Waals surface area contributed by atoms with Gasteiger partial charge in [0.2, 0.25) is 10.6 Å². The van der Waals surface area contributed by atoms with Crippen molar-refractivity contribution < 1.29 is 13.2 Å². The van der Waals surface area contributed by atoms with Gasteiger partial charge in [-0.1, -0.05) is 22.0 Å². The SMILES string of the molecule is Cn1nc(C(F)(F)F)n(-c2cccc(Br)c2)c1=S. The van der Waals surface area contributed by atoms with Crippen LogP contribution in [0.25, 0.3) is 5.69 Å². The molecule has 0 radical (unpaired) electrons. The Bertz CT molecular complexity index is 645. The van der Waals surface area contributed by atoms with Gasteiger partial charge in [-0.25, -0.2) is 4.68 Å². The molecule has 96 valence electrons. The van der Waals surface area contributed by atoms with Gasteiger partial charge in [0.1, 0.15) is 0 Å². The molecule has 0 saturated carbocycles. The summed E-state index contributed by atoms with van der Waals surface area (Å²) < 4.78 is 41.2. The van der Waals surface area contributed by atoms with Gasteiger partial charge in [-0.15, -0.1) is 5.10 Å². The van der Waals surface area contributed by atoms with Crippen molar-refractivity contribution in [1.82, 2.24) is 14.3 Å². The number of halogens is 4. The first-order valence-corrected chi connectivity index (χ1v) is 6.00. The van der Waals surface area contributed by atoms with Crippen LogP contribution in [0.5, 0.6) is 0 Å². The van der Waals surface area contributed by atoms with Gasteiger partial charge in [0.15, 0.2) is 0 Å². The van der Waals surface area contributed by atoms with Gasteiger partial charge in [0.05, 0.1) is 5.69 Å². The van der Waals surface area contributed by atoms with Crippen LogP contribution in [0.1, 0.15) is 5.82 Å². The summed E-state index contributed by atoms with van der Waals surface area (Å²) in [6.45, 7) is 0. The van der Waals surface area contributed by atoms with Gasteiger partial charge >= 0.3 is 6.18 Å². The number of hydrogen-bond acceptors (Lipinski definition) is 2. The zero-order valence-corrected chi connectivity index (χ0v) is 11.5. The number of aromatic nitrogens is 3. The van der Waals surface area contributed by atoms with Crippen LogP contribution in [0.4, 0.5) is 13.2 Å². The van der Waals surface area contributed by atoms with Crippen molar-refractivity contribution in [1.29, 1.82) is 0 Å².